The maximum absolute atomic E-state index is 13.3. The summed E-state index contributed by atoms with van der Waals surface area (Å²) in [5, 5.41) is 11.4. The number of hydrogen-bond donors (Lipinski definition) is 1. The van der Waals surface area contributed by atoms with Crippen molar-refractivity contribution in [2.75, 3.05) is 26.2 Å². The fraction of sp³-hybridized carbons (Fsp3) is 0.185. The van der Waals surface area contributed by atoms with Crippen LogP contribution in [0.4, 0.5) is 5.69 Å². The molecule has 3 aromatic rings. The molecule has 3 aromatic carbocycles. The molecule has 1 heterocycles. The van der Waals surface area contributed by atoms with E-state index in [9.17, 15) is 14.7 Å². The topological polar surface area (TPSA) is 85.3 Å². The number of methoxy groups -OCH3 is 3. The van der Waals surface area contributed by atoms with Gasteiger partial charge in [-0.3, -0.25) is 14.5 Å². The van der Waals surface area contributed by atoms with Crippen LogP contribution in [0.3, 0.4) is 0 Å². The van der Waals surface area contributed by atoms with E-state index in [1.54, 1.807) is 54.6 Å². The smallest absolute Gasteiger partial charge is 0.300 e. The maximum atomic E-state index is 13.3. The molecule has 34 heavy (non-hydrogen) atoms. The summed E-state index contributed by atoms with van der Waals surface area (Å²) in [6.07, 6.45) is 0. The van der Waals surface area contributed by atoms with Crippen LogP contribution in [0.15, 0.2) is 72.3 Å². The molecule has 1 amide bonds. The number of aliphatic hydroxyl groups is 1. The number of benzene rings is 3. The summed E-state index contributed by atoms with van der Waals surface area (Å²) >= 11 is 0. The summed E-state index contributed by atoms with van der Waals surface area (Å²) in [4.78, 5) is 28.0. The Kier molecular flexibility index (Phi) is 6.27. The van der Waals surface area contributed by atoms with E-state index in [2.05, 4.69) is 0 Å². The van der Waals surface area contributed by atoms with E-state index in [-0.39, 0.29) is 16.9 Å². The highest BCUT2D eigenvalue weighted by Crippen LogP contribution is 2.44. The van der Waals surface area contributed by atoms with E-state index >= 15 is 0 Å². The molecule has 0 saturated carbocycles. The molecule has 7 heteroatoms. The van der Waals surface area contributed by atoms with Crippen LogP contribution in [0.2, 0.25) is 0 Å². The number of carbonyl (C=O) groups is 2. The Labute approximate surface area is 197 Å². The van der Waals surface area contributed by atoms with Crippen molar-refractivity contribution in [3.05, 3.63) is 89.0 Å². The molecular formula is C27H25NO6. The van der Waals surface area contributed by atoms with E-state index in [0.29, 0.717) is 28.5 Å². The van der Waals surface area contributed by atoms with Gasteiger partial charge in [0.2, 0.25) is 0 Å². The van der Waals surface area contributed by atoms with Gasteiger partial charge in [0.05, 0.1) is 38.5 Å². The lowest BCUT2D eigenvalue weighted by atomic mass is 9.94. The summed E-state index contributed by atoms with van der Waals surface area (Å²) in [5.41, 5.74) is 2.41. The Morgan fingerprint density at radius 2 is 1.53 bits per heavy atom. The second-order valence-electron chi connectivity index (χ2n) is 7.85. The fourth-order valence-electron chi connectivity index (χ4n) is 4.07. The first kappa shape index (κ1) is 22.9. The van der Waals surface area contributed by atoms with Crippen molar-refractivity contribution in [1.82, 2.24) is 0 Å². The molecule has 7 nitrogen and oxygen atoms in total. The molecule has 0 bridgehead atoms. The summed E-state index contributed by atoms with van der Waals surface area (Å²) in [5.74, 6) is -0.454. The molecule has 0 aliphatic carbocycles. The summed E-state index contributed by atoms with van der Waals surface area (Å²) in [6.45, 7) is 1.94. The van der Waals surface area contributed by atoms with Gasteiger partial charge >= 0.3 is 0 Å². The van der Waals surface area contributed by atoms with E-state index in [0.717, 1.165) is 5.56 Å². The number of ether oxygens (including phenoxy) is 3. The number of carbonyl (C=O) groups excluding carboxylic acids is 2. The zero-order chi connectivity index (χ0) is 24.4. The molecule has 0 spiro atoms. The highest BCUT2D eigenvalue weighted by atomic mass is 16.5. The molecule has 1 atom stereocenters. The predicted molar refractivity (Wildman–Crippen MR) is 129 cm³/mol. The summed E-state index contributed by atoms with van der Waals surface area (Å²) < 4.78 is 16.0. The van der Waals surface area contributed by atoms with E-state index in [1.807, 2.05) is 19.1 Å². The lowest BCUT2D eigenvalue weighted by Gasteiger charge is -2.26. The largest absolute Gasteiger partial charge is 0.507 e. The number of hydrogen-bond acceptors (Lipinski definition) is 6. The minimum absolute atomic E-state index is 0.0395. The van der Waals surface area contributed by atoms with Gasteiger partial charge < -0.3 is 19.3 Å². The van der Waals surface area contributed by atoms with Gasteiger partial charge in [0.15, 0.2) is 0 Å². The molecular weight excluding hydrogens is 434 g/mol. The van der Waals surface area contributed by atoms with Crippen molar-refractivity contribution >= 4 is 23.1 Å². The van der Waals surface area contributed by atoms with E-state index in [1.165, 1.54) is 26.2 Å². The number of anilines is 1. The summed E-state index contributed by atoms with van der Waals surface area (Å²) in [7, 11) is 4.51. The highest BCUT2D eigenvalue weighted by Gasteiger charge is 2.47. The zero-order valence-corrected chi connectivity index (χ0v) is 19.4. The molecule has 174 valence electrons. The Hall–Kier alpha value is -4.26. The second kappa shape index (κ2) is 9.31. The van der Waals surface area contributed by atoms with Crippen LogP contribution in [-0.2, 0) is 9.59 Å². The quantitative estimate of drug-likeness (QED) is 0.328. The molecule has 4 rings (SSSR count). The SMILES string of the molecule is COc1cccc(C2/C(=C(/O)c3ccc(OC)cc3OC)C(=O)C(=O)N2c2ccc(C)cc2)c1. The molecule has 0 radical (unpaired) electrons. The van der Waals surface area contributed by atoms with Crippen LogP contribution in [0, 0.1) is 6.92 Å². The van der Waals surface area contributed by atoms with Gasteiger partial charge in [0.1, 0.15) is 23.0 Å². The van der Waals surface area contributed by atoms with Crippen LogP contribution in [0.1, 0.15) is 22.7 Å². The van der Waals surface area contributed by atoms with Crippen molar-refractivity contribution < 1.29 is 28.9 Å². The first-order valence-corrected chi connectivity index (χ1v) is 10.6. The number of rotatable bonds is 6. The lowest BCUT2D eigenvalue weighted by molar-refractivity contribution is -0.132. The average Bonchev–Trinajstić information content (AvgIpc) is 3.14. The lowest BCUT2D eigenvalue weighted by Crippen LogP contribution is -2.29. The van der Waals surface area contributed by atoms with Crippen molar-refractivity contribution in [3.8, 4) is 17.2 Å². The third kappa shape index (κ3) is 3.96. The van der Waals surface area contributed by atoms with Gasteiger partial charge in [-0.1, -0.05) is 29.8 Å². The van der Waals surface area contributed by atoms with E-state index in [4.69, 9.17) is 14.2 Å². The van der Waals surface area contributed by atoms with Crippen molar-refractivity contribution in [2.24, 2.45) is 0 Å². The van der Waals surface area contributed by atoms with Crippen LogP contribution in [-0.4, -0.2) is 38.1 Å². The second-order valence-corrected chi connectivity index (χ2v) is 7.85. The minimum Gasteiger partial charge on any atom is -0.507 e. The van der Waals surface area contributed by atoms with Crippen LogP contribution in [0.25, 0.3) is 5.76 Å². The van der Waals surface area contributed by atoms with Gasteiger partial charge in [-0.25, -0.2) is 0 Å². The van der Waals surface area contributed by atoms with Gasteiger partial charge in [0.25, 0.3) is 11.7 Å². The number of nitrogens with zero attached hydrogens (tertiary/aromatic N) is 1. The molecule has 1 aliphatic heterocycles. The predicted octanol–water partition coefficient (Wildman–Crippen LogP) is 4.65. The summed E-state index contributed by atoms with van der Waals surface area (Å²) in [6, 6.07) is 18.3. The van der Waals surface area contributed by atoms with Gasteiger partial charge in [-0.15, -0.1) is 0 Å². The van der Waals surface area contributed by atoms with Crippen LogP contribution >= 0.6 is 0 Å². The van der Waals surface area contributed by atoms with Crippen molar-refractivity contribution in [1.29, 1.82) is 0 Å². The standard InChI is InChI=1S/C27H25NO6/c1-16-8-10-18(11-9-16)28-24(17-6-5-7-19(14-17)32-2)23(26(30)27(28)31)25(29)21-13-12-20(33-3)15-22(21)34-4/h5-15,24,29H,1-4H3/b25-23-. The van der Waals surface area contributed by atoms with Gasteiger partial charge in [-0.05, 0) is 48.9 Å². The Morgan fingerprint density at radius 1 is 0.853 bits per heavy atom. The normalized spacial score (nSPS) is 17.1. The molecule has 0 aromatic heterocycles. The Bertz CT molecular complexity index is 1280. The van der Waals surface area contributed by atoms with Crippen LogP contribution < -0.4 is 19.1 Å². The van der Waals surface area contributed by atoms with Crippen molar-refractivity contribution in [2.45, 2.75) is 13.0 Å². The van der Waals surface area contributed by atoms with Gasteiger partial charge in [-0.2, -0.15) is 0 Å². The number of ketones is 1. The number of aryl methyl sites for hydroxylation is 1. The first-order chi connectivity index (χ1) is 16.4. The maximum Gasteiger partial charge on any atom is 0.300 e. The number of Topliss-reactive ketones (excluding diaryl/α,β-unsaturated/α-hetero) is 1. The Balaban J connectivity index is 1.97. The third-order valence-corrected chi connectivity index (χ3v) is 5.83. The number of amides is 1. The third-order valence-electron chi connectivity index (χ3n) is 5.83. The highest BCUT2D eigenvalue weighted by molar-refractivity contribution is 6.51. The number of aliphatic hydroxyl groups excluding tert-OH is 1. The van der Waals surface area contributed by atoms with Gasteiger partial charge in [0, 0.05) is 11.8 Å². The molecule has 1 N–H and O–H groups in total. The first-order valence-electron chi connectivity index (χ1n) is 10.6. The molecule has 1 unspecified atom stereocenters. The molecule has 1 saturated heterocycles. The Morgan fingerprint density at radius 3 is 2.18 bits per heavy atom. The average molecular weight is 459 g/mol. The monoisotopic (exact) mass is 459 g/mol. The van der Waals surface area contributed by atoms with Crippen molar-refractivity contribution in [3.63, 3.8) is 0 Å². The molecule has 1 fully saturated rings. The fourth-order valence-corrected chi connectivity index (χ4v) is 4.07. The zero-order valence-electron chi connectivity index (χ0n) is 19.4. The van der Waals surface area contributed by atoms with E-state index < -0.39 is 17.7 Å². The molecule has 1 aliphatic rings. The van der Waals surface area contributed by atoms with Crippen LogP contribution in [0.5, 0.6) is 17.2 Å². The minimum atomic E-state index is -0.871.